The number of aromatic nitrogens is 4. The van der Waals surface area contributed by atoms with Gasteiger partial charge in [0.15, 0.2) is 5.65 Å². The van der Waals surface area contributed by atoms with Gasteiger partial charge in [0.05, 0.1) is 12.3 Å². The Kier molecular flexibility index (Phi) is 5.20. The fourth-order valence-electron chi connectivity index (χ4n) is 3.79. The number of hydrogen-bond acceptors (Lipinski definition) is 6. The van der Waals surface area contributed by atoms with Crippen LogP contribution in [-0.4, -0.2) is 44.3 Å². The molecule has 0 aliphatic carbocycles. The highest BCUT2D eigenvalue weighted by molar-refractivity contribution is 5.58. The van der Waals surface area contributed by atoms with E-state index in [4.69, 9.17) is 4.42 Å². The number of nitrogens with one attached hydrogen (secondary N) is 1. The molecule has 4 heterocycles. The van der Waals surface area contributed by atoms with Crippen LogP contribution in [0.5, 0.6) is 0 Å². The van der Waals surface area contributed by atoms with E-state index in [1.807, 2.05) is 19.1 Å². The average molecular weight is 408 g/mol. The van der Waals surface area contributed by atoms with Gasteiger partial charge in [0, 0.05) is 12.1 Å². The van der Waals surface area contributed by atoms with Crippen LogP contribution in [0.3, 0.4) is 0 Å². The standard InChI is InChI=1S/C19H23F3N6O/c1-12-13(2)17-24-25-18(19(20,21)22)28(17)26-16(12)23-11-14(15-7-6-10-29-15)27-8-4-3-5-9-27/h6-7,10,14H,3-5,8-9,11H2,1-2H3,(H,23,26). The number of rotatable bonds is 5. The van der Waals surface area contributed by atoms with Crippen molar-refractivity contribution in [2.75, 3.05) is 25.0 Å². The van der Waals surface area contributed by atoms with Crippen molar-refractivity contribution in [3.8, 4) is 0 Å². The van der Waals surface area contributed by atoms with E-state index in [2.05, 4.69) is 25.5 Å². The van der Waals surface area contributed by atoms with Crippen LogP contribution in [0.25, 0.3) is 5.65 Å². The molecular formula is C19H23F3N6O. The fraction of sp³-hybridized carbons (Fsp3) is 0.526. The third-order valence-corrected chi connectivity index (χ3v) is 5.51. The molecule has 0 bridgehead atoms. The SMILES string of the molecule is Cc1c(NCC(c2ccco2)N2CCCCC2)nn2c(C(F)(F)F)nnc2c1C. The molecule has 1 unspecified atom stereocenters. The van der Waals surface area contributed by atoms with Crippen molar-refractivity contribution in [3.05, 3.63) is 41.1 Å². The molecule has 0 amide bonds. The number of nitrogens with zero attached hydrogens (tertiary/aromatic N) is 5. The third-order valence-electron chi connectivity index (χ3n) is 5.51. The molecule has 10 heteroatoms. The largest absolute Gasteiger partial charge is 0.468 e. The predicted molar refractivity (Wildman–Crippen MR) is 101 cm³/mol. The molecule has 3 aromatic heterocycles. The Bertz CT molecular complexity index is 976. The summed E-state index contributed by atoms with van der Waals surface area (Å²) in [6, 6.07) is 3.75. The van der Waals surface area contributed by atoms with E-state index in [9.17, 15) is 13.2 Å². The van der Waals surface area contributed by atoms with Gasteiger partial charge in [-0.15, -0.1) is 15.3 Å². The summed E-state index contributed by atoms with van der Waals surface area (Å²) in [5.74, 6) is 0.0845. The molecule has 4 rings (SSSR count). The average Bonchev–Trinajstić information content (AvgIpc) is 3.36. The molecule has 1 atom stereocenters. The maximum Gasteiger partial charge on any atom is 0.453 e. The second-order valence-corrected chi connectivity index (χ2v) is 7.36. The van der Waals surface area contributed by atoms with Gasteiger partial charge in [-0.25, -0.2) is 0 Å². The first kappa shape index (κ1) is 19.7. The fourth-order valence-corrected chi connectivity index (χ4v) is 3.79. The smallest absolute Gasteiger partial charge is 0.453 e. The number of aryl methyl sites for hydroxylation is 1. The molecule has 1 aliphatic heterocycles. The lowest BCUT2D eigenvalue weighted by atomic mass is 10.1. The maximum absolute atomic E-state index is 13.3. The van der Waals surface area contributed by atoms with Gasteiger partial charge in [0.1, 0.15) is 11.6 Å². The van der Waals surface area contributed by atoms with E-state index in [-0.39, 0.29) is 11.7 Å². The Morgan fingerprint density at radius 3 is 2.55 bits per heavy atom. The van der Waals surface area contributed by atoms with E-state index in [1.54, 1.807) is 13.2 Å². The van der Waals surface area contributed by atoms with Crippen LogP contribution in [0, 0.1) is 13.8 Å². The van der Waals surface area contributed by atoms with Crippen molar-refractivity contribution in [2.45, 2.75) is 45.3 Å². The summed E-state index contributed by atoms with van der Waals surface area (Å²) >= 11 is 0. The summed E-state index contributed by atoms with van der Waals surface area (Å²) < 4.78 is 46.2. The molecule has 0 saturated carbocycles. The van der Waals surface area contributed by atoms with Gasteiger partial charge < -0.3 is 9.73 Å². The summed E-state index contributed by atoms with van der Waals surface area (Å²) in [5, 5.41) is 14.4. The number of fused-ring (bicyclic) bond motifs is 1. The normalized spacial score (nSPS) is 17.0. The first-order valence-electron chi connectivity index (χ1n) is 9.67. The summed E-state index contributed by atoms with van der Waals surface area (Å²) in [6.07, 6.45) is 0.457. The van der Waals surface area contributed by atoms with Crippen molar-refractivity contribution in [1.29, 1.82) is 0 Å². The summed E-state index contributed by atoms with van der Waals surface area (Å²) in [4.78, 5) is 2.34. The van der Waals surface area contributed by atoms with Crippen molar-refractivity contribution in [2.24, 2.45) is 0 Å². The maximum atomic E-state index is 13.3. The zero-order valence-electron chi connectivity index (χ0n) is 16.3. The summed E-state index contributed by atoms with van der Waals surface area (Å²) in [6.45, 7) is 5.93. The van der Waals surface area contributed by atoms with Gasteiger partial charge in [-0.1, -0.05) is 6.42 Å². The number of furan rings is 1. The summed E-state index contributed by atoms with van der Waals surface area (Å²) in [7, 11) is 0. The van der Waals surface area contributed by atoms with Crippen molar-refractivity contribution in [1.82, 2.24) is 24.7 Å². The Balaban J connectivity index is 1.64. The van der Waals surface area contributed by atoms with Crippen LogP contribution in [0.2, 0.25) is 0 Å². The number of hydrogen-bond donors (Lipinski definition) is 1. The molecule has 1 N–H and O–H groups in total. The van der Waals surface area contributed by atoms with Crippen molar-refractivity contribution >= 4 is 11.5 Å². The lowest BCUT2D eigenvalue weighted by Gasteiger charge is -2.33. The van der Waals surface area contributed by atoms with E-state index in [0.717, 1.165) is 41.8 Å². The van der Waals surface area contributed by atoms with Gasteiger partial charge in [-0.05, 0) is 57.5 Å². The Labute approximate surface area is 165 Å². The molecule has 0 radical (unpaired) electrons. The highest BCUT2D eigenvalue weighted by atomic mass is 19.4. The molecule has 1 saturated heterocycles. The minimum Gasteiger partial charge on any atom is -0.468 e. The number of piperidine rings is 1. The van der Waals surface area contributed by atoms with Crippen LogP contribution in [0.4, 0.5) is 19.0 Å². The monoisotopic (exact) mass is 408 g/mol. The molecule has 1 fully saturated rings. The molecule has 3 aromatic rings. The zero-order valence-corrected chi connectivity index (χ0v) is 16.3. The highest BCUT2D eigenvalue weighted by Crippen LogP contribution is 2.30. The van der Waals surface area contributed by atoms with Gasteiger partial charge in [-0.2, -0.15) is 17.7 Å². The molecule has 156 valence electrons. The molecule has 29 heavy (non-hydrogen) atoms. The number of anilines is 1. The van der Waals surface area contributed by atoms with E-state index >= 15 is 0 Å². The van der Waals surface area contributed by atoms with Crippen LogP contribution < -0.4 is 5.32 Å². The van der Waals surface area contributed by atoms with Crippen molar-refractivity contribution in [3.63, 3.8) is 0 Å². The molecule has 7 nitrogen and oxygen atoms in total. The van der Waals surface area contributed by atoms with Gasteiger partial charge >= 0.3 is 6.18 Å². The van der Waals surface area contributed by atoms with Crippen LogP contribution in [-0.2, 0) is 6.18 Å². The zero-order chi connectivity index (χ0) is 20.6. The van der Waals surface area contributed by atoms with Crippen LogP contribution >= 0.6 is 0 Å². The topological polar surface area (TPSA) is 71.5 Å². The predicted octanol–water partition coefficient (Wildman–Crippen LogP) is 3.99. The van der Waals surface area contributed by atoms with Crippen LogP contribution in [0.1, 0.15) is 48.0 Å². The van der Waals surface area contributed by atoms with Crippen LogP contribution in [0.15, 0.2) is 22.8 Å². The highest BCUT2D eigenvalue weighted by Gasteiger charge is 2.38. The third kappa shape index (κ3) is 3.81. The lowest BCUT2D eigenvalue weighted by molar-refractivity contribution is -0.146. The van der Waals surface area contributed by atoms with Crippen molar-refractivity contribution < 1.29 is 17.6 Å². The first-order chi connectivity index (χ1) is 13.9. The number of likely N-dealkylation sites (tertiary alicyclic amines) is 1. The first-order valence-corrected chi connectivity index (χ1v) is 9.67. The minimum absolute atomic E-state index is 0.0227. The van der Waals surface area contributed by atoms with E-state index in [0.29, 0.717) is 17.9 Å². The molecule has 0 aromatic carbocycles. The van der Waals surface area contributed by atoms with E-state index in [1.165, 1.54) is 6.42 Å². The second-order valence-electron chi connectivity index (χ2n) is 7.36. The molecule has 0 spiro atoms. The van der Waals surface area contributed by atoms with Gasteiger partial charge in [-0.3, -0.25) is 4.90 Å². The lowest BCUT2D eigenvalue weighted by Crippen LogP contribution is -2.37. The minimum atomic E-state index is -4.63. The summed E-state index contributed by atoms with van der Waals surface area (Å²) in [5.41, 5.74) is 1.47. The quantitative estimate of drug-likeness (QED) is 0.688. The molecular weight excluding hydrogens is 385 g/mol. The number of halogens is 3. The Hall–Kier alpha value is -2.62. The van der Waals surface area contributed by atoms with Gasteiger partial charge in [0.25, 0.3) is 5.82 Å². The van der Waals surface area contributed by atoms with Gasteiger partial charge in [0.2, 0.25) is 0 Å². The Morgan fingerprint density at radius 1 is 1.14 bits per heavy atom. The Morgan fingerprint density at radius 2 is 1.90 bits per heavy atom. The second kappa shape index (κ2) is 7.66. The van der Waals surface area contributed by atoms with E-state index < -0.39 is 12.0 Å². The number of alkyl halides is 3. The molecule has 1 aliphatic rings.